The van der Waals surface area contributed by atoms with E-state index in [-0.39, 0.29) is 22.7 Å². The minimum absolute atomic E-state index is 0.0712. The van der Waals surface area contributed by atoms with Gasteiger partial charge in [0.15, 0.2) is 5.78 Å². The molecule has 2 aliphatic carbocycles. The van der Waals surface area contributed by atoms with Crippen molar-refractivity contribution >= 4 is 12.0 Å². The van der Waals surface area contributed by atoms with Crippen LogP contribution in [0.3, 0.4) is 0 Å². The van der Waals surface area contributed by atoms with Crippen LogP contribution in [-0.2, 0) is 18.9 Å². The predicted molar refractivity (Wildman–Crippen MR) is 89.6 cm³/mol. The summed E-state index contributed by atoms with van der Waals surface area (Å²) >= 11 is 0. The molecule has 24 heavy (non-hydrogen) atoms. The molecule has 0 unspecified atom stereocenters. The van der Waals surface area contributed by atoms with Crippen molar-refractivity contribution < 1.29 is 9.90 Å². The molecular weight excluding hydrogens is 310 g/mol. The van der Waals surface area contributed by atoms with Crippen LogP contribution in [0.5, 0.6) is 5.88 Å². The Hall–Kier alpha value is -2.18. The van der Waals surface area contributed by atoms with Gasteiger partial charge in [-0.25, -0.2) is 4.79 Å². The number of hydrogen-bond acceptors (Lipinski definition) is 5. The van der Waals surface area contributed by atoms with Crippen LogP contribution in [0.1, 0.15) is 39.2 Å². The Morgan fingerprint density at radius 3 is 2.33 bits per heavy atom. The molecule has 1 heterocycles. The number of hydrogen-bond donors (Lipinski definition) is 1. The smallest absolute Gasteiger partial charge is 0.333 e. The monoisotopic (exact) mass is 333 g/mol. The normalized spacial score (nSPS) is 31.3. The van der Waals surface area contributed by atoms with Crippen molar-refractivity contribution in [3.05, 3.63) is 26.4 Å². The first-order valence-corrected chi connectivity index (χ1v) is 8.10. The molecule has 0 radical (unpaired) electrons. The van der Waals surface area contributed by atoms with E-state index in [1.165, 1.54) is 20.3 Å². The van der Waals surface area contributed by atoms with Gasteiger partial charge >= 0.3 is 5.69 Å². The van der Waals surface area contributed by atoms with E-state index >= 15 is 0 Å². The number of nitrogens with zero attached hydrogens (tertiary/aromatic N) is 3. The fourth-order valence-corrected chi connectivity index (χ4v) is 4.34. The van der Waals surface area contributed by atoms with Gasteiger partial charge in [-0.2, -0.15) is 0 Å². The second-order valence-corrected chi connectivity index (χ2v) is 7.73. The Morgan fingerprint density at radius 1 is 1.17 bits per heavy atom. The fourth-order valence-electron chi connectivity index (χ4n) is 4.34. The lowest BCUT2D eigenvalue weighted by atomic mass is 9.70. The molecule has 0 saturated heterocycles. The molecule has 2 saturated carbocycles. The van der Waals surface area contributed by atoms with Crippen LogP contribution < -0.4 is 11.2 Å². The van der Waals surface area contributed by atoms with E-state index in [0.29, 0.717) is 0 Å². The van der Waals surface area contributed by atoms with Gasteiger partial charge < -0.3 is 5.11 Å². The van der Waals surface area contributed by atoms with Gasteiger partial charge in [0.05, 0.1) is 0 Å². The zero-order valence-corrected chi connectivity index (χ0v) is 14.7. The molecule has 2 bridgehead atoms. The number of rotatable bonds is 2. The molecule has 2 fully saturated rings. The van der Waals surface area contributed by atoms with Crippen LogP contribution in [0.25, 0.3) is 0 Å². The van der Waals surface area contributed by atoms with Gasteiger partial charge in [-0.1, -0.05) is 20.8 Å². The molecule has 7 nitrogen and oxygen atoms in total. The summed E-state index contributed by atoms with van der Waals surface area (Å²) in [7, 11) is 2.72. The average molecular weight is 333 g/mol. The number of aromatic hydroxyl groups is 1. The van der Waals surface area contributed by atoms with Gasteiger partial charge in [0.1, 0.15) is 11.6 Å². The van der Waals surface area contributed by atoms with E-state index in [1.807, 2.05) is 6.92 Å². The maximum Gasteiger partial charge on any atom is 0.333 e. The first-order valence-electron chi connectivity index (χ1n) is 8.10. The minimum Gasteiger partial charge on any atom is -0.494 e. The molecule has 0 aromatic carbocycles. The van der Waals surface area contributed by atoms with Crippen molar-refractivity contribution in [1.29, 1.82) is 0 Å². The number of Topliss-reactive ketones (excluding diaryl/α,β-unsaturated/α-hetero) is 1. The lowest BCUT2D eigenvalue weighted by Gasteiger charge is -2.31. The number of carbonyl (C=O) groups is 1. The van der Waals surface area contributed by atoms with Crippen molar-refractivity contribution in [2.75, 3.05) is 0 Å². The molecule has 0 spiro atoms. The van der Waals surface area contributed by atoms with E-state index in [0.717, 1.165) is 22.0 Å². The van der Waals surface area contributed by atoms with Crippen molar-refractivity contribution in [3.63, 3.8) is 0 Å². The SMILES string of the molecule is Cn1c(O)c(C=N[C@H]2C(=O)[C@]3(C)CC[C@@H]2C3(C)C)c(=O)n(C)c1=O. The number of aromatic nitrogens is 2. The Balaban J connectivity index is 2.04. The van der Waals surface area contributed by atoms with Crippen molar-refractivity contribution in [3.8, 4) is 5.88 Å². The highest BCUT2D eigenvalue weighted by molar-refractivity contribution is 5.96. The highest BCUT2D eigenvalue weighted by atomic mass is 16.3. The zero-order valence-electron chi connectivity index (χ0n) is 14.7. The number of fused-ring (bicyclic) bond motifs is 2. The van der Waals surface area contributed by atoms with Gasteiger partial charge in [-0.05, 0) is 24.2 Å². The summed E-state index contributed by atoms with van der Waals surface area (Å²) in [6, 6.07) is -0.500. The third-order valence-electron chi connectivity index (χ3n) is 6.53. The molecular formula is C17H23N3O4. The van der Waals surface area contributed by atoms with Gasteiger partial charge in [-0.3, -0.25) is 23.7 Å². The number of ketones is 1. The lowest BCUT2D eigenvalue weighted by Crippen LogP contribution is -2.39. The van der Waals surface area contributed by atoms with E-state index in [9.17, 15) is 19.5 Å². The average Bonchev–Trinajstić information content (AvgIpc) is 2.84. The molecule has 1 N–H and O–H groups in total. The molecule has 130 valence electrons. The molecule has 0 aliphatic heterocycles. The summed E-state index contributed by atoms with van der Waals surface area (Å²) in [5.74, 6) is -0.209. The van der Waals surface area contributed by atoms with Gasteiger partial charge in [-0.15, -0.1) is 0 Å². The van der Waals surface area contributed by atoms with Crippen LogP contribution in [0.4, 0.5) is 0 Å². The second kappa shape index (κ2) is 4.91. The topological polar surface area (TPSA) is 93.7 Å². The molecule has 0 amide bonds. The highest BCUT2D eigenvalue weighted by Crippen LogP contribution is 2.64. The van der Waals surface area contributed by atoms with Crippen LogP contribution in [0.2, 0.25) is 0 Å². The third kappa shape index (κ3) is 1.84. The summed E-state index contributed by atoms with van der Waals surface area (Å²) in [6.45, 7) is 6.19. The first kappa shape index (κ1) is 16.7. The zero-order chi connectivity index (χ0) is 18.0. The van der Waals surface area contributed by atoms with Crippen LogP contribution in [0, 0.1) is 16.7 Å². The third-order valence-corrected chi connectivity index (χ3v) is 6.53. The Labute approximate surface area is 139 Å². The van der Waals surface area contributed by atoms with Crippen molar-refractivity contribution in [2.45, 2.75) is 39.7 Å². The van der Waals surface area contributed by atoms with Crippen LogP contribution >= 0.6 is 0 Å². The largest absolute Gasteiger partial charge is 0.494 e. The molecule has 3 rings (SSSR count). The molecule has 1 aromatic heterocycles. The van der Waals surface area contributed by atoms with E-state index in [4.69, 9.17) is 0 Å². The van der Waals surface area contributed by atoms with E-state index < -0.39 is 28.6 Å². The predicted octanol–water partition coefficient (Wildman–Crippen LogP) is 0.602. The lowest BCUT2D eigenvalue weighted by molar-refractivity contribution is -0.129. The summed E-state index contributed by atoms with van der Waals surface area (Å²) in [5.41, 5.74) is -1.84. The van der Waals surface area contributed by atoms with Crippen LogP contribution in [-0.4, -0.2) is 32.3 Å². The molecule has 1 aromatic rings. The Kier molecular flexibility index (Phi) is 3.41. The van der Waals surface area contributed by atoms with E-state index in [2.05, 4.69) is 18.8 Å². The van der Waals surface area contributed by atoms with Gasteiger partial charge in [0, 0.05) is 25.7 Å². The van der Waals surface area contributed by atoms with Gasteiger partial charge in [0.2, 0.25) is 5.88 Å². The maximum absolute atomic E-state index is 12.8. The summed E-state index contributed by atoms with van der Waals surface area (Å²) in [5, 5.41) is 10.1. The van der Waals surface area contributed by atoms with Crippen molar-refractivity contribution in [2.24, 2.45) is 35.8 Å². The summed E-state index contributed by atoms with van der Waals surface area (Å²) in [4.78, 5) is 41.1. The number of carbonyl (C=O) groups excluding carboxylic acids is 1. The first-order chi connectivity index (χ1) is 11.0. The fraction of sp³-hybridized carbons (Fsp3) is 0.647. The Bertz CT molecular complexity index is 877. The summed E-state index contributed by atoms with van der Waals surface area (Å²) in [6.07, 6.45) is 3.04. The maximum atomic E-state index is 12.8. The van der Waals surface area contributed by atoms with Crippen molar-refractivity contribution in [1.82, 2.24) is 9.13 Å². The van der Waals surface area contributed by atoms with Gasteiger partial charge in [0.25, 0.3) is 5.56 Å². The van der Waals surface area contributed by atoms with Crippen LogP contribution in [0.15, 0.2) is 14.6 Å². The molecule has 2 aliphatic rings. The van der Waals surface area contributed by atoms with E-state index in [1.54, 1.807) is 0 Å². The molecule has 3 atom stereocenters. The highest BCUT2D eigenvalue weighted by Gasteiger charge is 2.66. The quantitative estimate of drug-likeness (QED) is 0.802. The standard InChI is InChI=1S/C17H23N3O4/c1-16(2)10-6-7-17(16,3)12(21)11(10)18-8-9-13(22)19(4)15(24)20(5)14(9)23/h8,10-11,22H,6-7H2,1-5H3/t10-,11+,17-/m0/s1. The molecule has 7 heteroatoms. The Morgan fingerprint density at radius 2 is 1.79 bits per heavy atom. The summed E-state index contributed by atoms with van der Waals surface area (Å²) < 4.78 is 1.89. The second-order valence-electron chi connectivity index (χ2n) is 7.73. The minimum atomic E-state index is -0.625. The number of aliphatic imine (C=N–C) groups is 1.